The van der Waals surface area contributed by atoms with Gasteiger partial charge in [-0.3, -0.25) is 4.79 Å². The topological polar surface area (TPSA) is 34.0 Å². The highest BCUT2D eigenvalue weighted by molar-refractivity contribution is 6.30. The molecule has 1 heterocycles. The maximum Gasteiger partial charge on any atom is 0.253 e. The van der Waals surface area contributed by atoms with Gasteiger partial charge in [0.05, 0.1) is 5.56 Å². The third-order valence-electron chi connectivity index (χ3n) is 4.84. The maximum absolute atomic E-state index is 12.6. The van der Waals surface area contributed by atoms with Crippen LogP contribution in [0, 0.1) is 12.8 Å². The van der Waals surface area contributed by atoms with Crippen molar-refractivity contribution in [3.05, 3.63) is 52.8 Å². The first-order valence-electron chi connectivity index (χ1n) is 8.29. The molecule has 2 aromatic rings. The summed E-state index contributed by atoms with van der Waals surface area (Å²) in [5.41, 5.74) is 2.71. The number of nitrogens with zero attached hydrogens (tertiary/aromatic N) is 1. The summed E-state index contributed by atoms with van der Waals surface area (Å²) in [5, 5.41) is 3.91. The number of rotatable bonds is 3. The number of carbonyl (C=O) groups excluding carboxylic acids is 1. The van der Waals surface area contributed by atoms with E-state index in [9.17, 15) is 4.79 Å². The Morgan fingerprint density at radius 3 is 2.43 bits per heavy atom. The van der Waals surface area contributed by atoms with Crippen LogP contribution < -0.4 is 5.32 Å². The average molecular weight is 331 g/mol. The fourth-order valence-electron chi connectivity index (χ4n) is 3.30. The van der Waals surface area contributed by atoms with Crippen LogP contribution in [-0.2, 0) is 0 Å². The van der Waals surface area contributed by atoms with Gasteiger partial charge in [0.1, 0.15) is 0 Å². The smallest absolute Gasteiger partial charge is 0.253 e. The standard InChI is InChI=1S/C19H23ClN2O/c1-13-3-7-16(8-4-13)21-19(23)18-11-12-22(14(18)2)17-9-5-15(20)6-10-17/h5-6,9-13,16H,3-4,7-8H2,1-2H3,(H,21,23). The Hall–Kier alpha value is -1.74. The summed E-state index contributed by atoms with van der Waals surface area (Å²) in [6, 6.07) is 9.85. The fraction of sp³-hybridized carbons (Fsp3) is 0.421. The zero-order chi connectivity index (χ0) is 16.4. The van der Waals surface area contributed by atoms with E-state index in [0.717, 1.165) is 35.7 Å². The Kier molecular flexibility index (Phi) is 4.76. The van der Waals surface area contributed by atoms with Gasteiger partial charge in [-0.15, -0.1) is 0 Å². The fourth-order valence-corrected chi connectivity index (χ4v) is 3.43. The molecule has 3 rings (SSSR count). The molecule has 0 radical (unpaired) electrons. The molecule has 122 valence electrons. The van der Waals surface area contributed by atoms with Crippen molar-refractivity contribution in [3.8, 4) is 5.69 Å². The van der Waals surface area contributed by atoms with Crippen molar-refractivity contribution in [1.29, 1.82) is 0 Å². The van der Waals surface area contributed by atoms with Crippen molar-refractivity contribution < 1.29 is 4.79 Å². The van der Waals surface area contributed by atoms with Crippen LogP contribution in [0.4, 0.5) is 0 Å². The molecule has 3 nitrogen and oxygen atoms in total. The highest BCUT2D eigenvalue weighted by Crippen LogP contribution is 2.24. The molecule has 1 N–H and O–H groups in total. The van der Waals surface area contributed by atoms with Crippen LogP contribution in [0.5, 0.6) is 0 Å². The summed E-state index contributed by atoms with van der Waals surface area (Å²) in [4.78, 5) is 12.6. The second kappa shape index (κ2) is 6.79. The molecule has 1 aliphatic carbocycles. The molecule has 1 saturated carbocycles. The number of benzene rings is 1. The molecule has 0 atom stereocenters. The van der Waals surface area contributed by atoms with Gasteiger partial charge in [-0.05, 0) is 68.9 Å². The van der Waals surface area contributed by atoms with Crippen LogP contribution in [0.3, 0.4) is 0 Å². The molecule has 0 aliphatic heterocycles. The summed E-state index contributed by atoms with van der Waals surface area (Å²) in [5.74, 6) is 0.825. The zero-order valence-electron chi connectivity index (χ0n) is 13.7. The second-order valence-electron chi connectivity index (χ2n) is 6.59. The summed E-state index contributed by atoms with van der Waals surface area (Å²) in [6.07, 6.45) is 6.52. The van der Waals surface area contributed by atoms with Gasteiger partial charge in [0, 0.05) is 28.6 Å². The lowest BCUT2D eigenvalue weighted by Crippen LogP contribution is -2.37. The van der Waals surface area contributed by atoms with Gasteiger partial charge in [-0.1, -0.05) is 18.5 Å². The molecule has 4 heteroatoms. The molecule has 1 amide bonds. The lowest BCUT2D eigenvalue weighted by atomic mass is 9.87. The number of nitrogens with one attached hydrogen (secondary N) is 1. The SMILES string of the molecule is Cc1c(C(=O)NC2CCC(C)CC2)ccn1-c1ccc(Cl)cc1. The molecule has 0 unspecified atom stereocenters. The van der Waals surface area contributed by atoms with Crippen LogP contribution in [0.15, 0.2) is 36.5 Å². The predicted octanol–water partition coefficient (Wildman–Crippen LogP) is 4.75. The maximum atomic E-state index is 12.6. The monoisotopic (exact) mass is 330 g/mol. The molecule has 23 heavy (non-hydrogen) atoms. The Morgan fingerprint density at radius 2 is 1.78 bits per heavy atom. The Bertz CT molecular complexity index is 682. The number of hydrogen-bond donors (Lipinski definition) is 1. The van der Waals surface area contributed by atoms with E-state index < -0.39 is 0 Å². The Morgan fingerprint density at radius 1 is 1.13 bits per heavy atom. The van der Waals surface area contributed by atoms with E-state index in [4.69, 9.17) is 11.6 Å². The first kappa shape index (κ1) is 16.1. The summed E-state index contributed by atoms with van der Waals surface area (Å²) in [7, 11) is 0. The number of aromatic nitrogens is 1. The lowest BCUT2D eigenvalue weighted by molar-refractivity contribution is 0.0922. The van der Waals surface area contributed by atoms with Crippen LogP contribution in [0.25, 0.3) is 5.69 Å². The van der Waals surface area contributed by atoms with Crippen LogP contribution in [-0.4, -0.2) is 16.5 Å². The first-order chi connectivity index (χ1) is 11.0. The molecular weight excluding hydrogens is 308 g/mol. The van der Waals surface area contributed by atoms with E-state index in [1.807, 2.05) is 48.0 Å². The first-order valence-corrected chi connectivity index (χ1v) is 8.67. The third kappa shape index (κ3) is 3.61. The van der Waals surface area contributed by atoms with E-state index >= 15 is 0 Å². The molecule has 0 spiro atoms. The predicted molar refractivity (Wildman–Crippen MR) is 94.4 cm³/mol. The van der Waals surface area contributed by atoms with E-state index in [1.165, 1.54) is 12.8 Å². The number of halogens is 1. The average Bonchev–Trinajstić information content (AvgIpc) is 2.92. The molecule has 0 bridgehead atoms. The van der Waals surface area contributed by atoms with Crippen molar-refractivity contribution in [2.24, 2.45) is 5.92 Å². The minimum absolute atomic E-state index is 0.0368. The van der Waals surface area contributed by atoms with E-state index in [2.05, 4.69) is 12.2 Å². The normalized spacial score (nSPS) is 21.2. The van der Waals surface area contributed by atoms with Gasteiger partial charge < -0.3 is 9.88 Å². The number of amides is 1. The van der Waals surface area contributed by atoms with Crippen molar-refractivity contribution in [3.63, 3.8) is 0 Å². The molecular formula is C19H23ClN2O. The van der Waals surface area contributed by atoms with Gasteiger partial charge in [0.25, 0.3) is 5.91 Å². The third-order valence-corrected chi connectivity index (χ3v) is 5.09. The summed E-state index contributed by atoms with van der Waals surface area (Å²) >= 11 is 5.94. The minimum atomic E-state index is 0.0368. The van der Waals surface area contributed by atoms with Gasteiger partial charge in [-0.25, -0.2) is 0 Å². The van der Waals surface area contributed by atoms with E-state index in [0.29, 0.717) is 11.1 Å². The molecule has 0 saturated heterocycles. The van der Waals surface area contributed by atoms with Gasteiger partial charge in [0.15, 0.2) is 0 Å². The van der Waals surface area contributed by atoms with Gasteiger partial charge in [0.2, 0.25) is 0 Å². The van der Waals surface area contributed by atoms with Crippen LogP contribution in [0.1, 0.15) is 48.7 Å². The van der Waals surface area contributed by atoms with E-state index in [-0.39, 0.29) is 5.91 Å². The molecule has 1 aromatic heterocycles. The van der Waals surface area contributed by atoms with Gasteiger partial charge in [-0.2, -0.15) is 0 Å². The Balaban J connectivity index is 1.73. The Labute approximate surface area is 142 Å². The van der Waals surface area contributed by atoms with E-state index in [1.54, 1.807) is 0 Å². The van der Waals surface area contributed by atoms with Crippen LogP contribution >= 0.6 is 11.6 Å². The second-order valence-corrected chi connectivity index (χ2v) is 7.03. The lowest BCUT2D eigenvalue weighted by Gasteiger charge is -2.26. The molecule has 1 aliphatic rings. The number of hydrogen-bond acceptors (Lipinski definition) is 1. The summed E-state index contributed by atoms with van der Waals surface area (Å²) < 4.78 is 2.02. The van der Waals surface area contributed by atoms with Crippen LogP contribution in [0.2, 0.25) is 5.02 Å². The van der Waals surface area contributed by atoms with Crippen molar-refractivity contribution in [1.82, 2.24) is 9.88 Å². The zero-order valence-corrected chi connectivity index (χ0v) is 14.4. The van der Waals surface area contributed by atoms with Gasteiger partial charge >= 0.3 is 0 Å². The van der Waals surface area contributed by atoms with Crippen molar-refractivity contribution >= 4 is 17.5 Å². The number of carbonyl (C=O) groups is 1. The molecule has 1 aromatic carbocycles. The minimum Gasteiger partial charge on any atom is -0.349 e. The van der Waals surface area contributed by atoms with Crippen molar-refractivity contribution in [2.75, 3.05) is 0 Å². The largest absolute Gasteiger partial charge is 0.349 e. The highest BCUT2D eigenvalue weighted by Gasteiger charge is 2.21. The van der Waals surface area contributed by atoms with Crippen molar-refractivity contribution in [2.45, 2.75) is 45.6 Å². The summed E-state index contributed by atoms with van der Waals surface area (Å²) in [6.45, 7) is 4.26. The quantitative estimate of drug-likeness (QED) is 0.866. The highest BCUT2D eigenvalue weighted by atomic mass is 35.5. The molecule has 1 fully saturated rings.